The first-order valence-electron chi connectivity index (χ1n) is 8.62. The number of primary amides is 1. The third kappa shape index (κ3) is 4.48. The van der Waals surface area contributed by atoms with Gasteiger partial charge in [0.05, 0.1) is 22.3 Å². The van der Waals surface area contributed by atoms with Crippen molar-refractivity contribution in [3.8, 4) is 0 Å². The van der Waals surface area contributed by atoms with Crippen LogP contribution in [0.5, 0.6) is 0 Å². The van der Waals surface area contributed by atoms with Gasteiger partial charge < -0.3 is 15.8 Å². The molecule has 1 aromatic heterocycles. The quantitative estimate of drug-likeness (QED) is 0.567. The monoisotopic (exact) mass is 441 g/mol. The number of amides is 1. The minimum atomic E-state index is -0.594. The van der Waals surface area contributed by atoms with Crippen LogP contribution in [0.25, 0.3) is 10.9 Å². The first-order valence-corrected chi connectivity index (χ1v) is 9.42. The number of rotatable bonds is 4. The summed E-state index contributed by atoms with van der Waals surface area (Å²) in [5.41, 5.74) is 7.47. The molecule has 0 fully saturated rings. The van der Waals surface area contributed by atoms with E-state index in [-0.39, 0.29) is 5.56 Å². The number of fused-ring (bicyclic) bond motifs is 1. The van der Waals surface area contributed by atoms with E-state index in [4.69, 9.17) is 10.5 Å². The van der Waals surface area contributed by atoms with Gasteiger partial charge in [-0.2, -0.15) is 0 Å². The molecule has 0 aliphatic carbocycles. The maximum atomic E-state index is 12.4. The smallest absolute Gasteiger partial charge is 0.338 e. The molecule has 144 valence electrons. The van der Waals surface area contributed by atoms with Gasteiger partial charge in [-0.05, 0) is 57.2 Å². The molecule has 3 rings (SSSR count). The Morgan fingerprint density at radius 3 is 2.57 bits per heavy atom. The maximum absolute atomic E-state index is 12.4. The SMILES string of the molecule is CC(C)(C)OC(=O)c1cccc(Nc2c(C(N)=O)cnc3cc(Br)ccc23)c1. The Labute approximate surface area is 171 Å². The zero-order chi connectivity index (χ0) is 20.5. The van der Waals surface area contributed by atoms with Crippen LogP contribution in [0.4, 0.5) is 11.4 Å². The van der Waals surface area contributed by atoms with E-state index in [0.717, 1.165) is 9.86 Å². The molecule has 7 heteroatoms. The Kier molecular flexibility index (Phi) is 5.38. The number of esters is 1. The van der Waals surface area contributed by atoms with Crippen molar-refractivity contribution < 1.29 is 14.3 Å². The number of halogens is 1. The lowest BCUT2D eigenvalue weighted by Gasteiger charge is -2.20. The molecule has 3 aromatic rings. The van der Waals surface area contributed by atoms with E-state index in [1.807, 2.05) is 39.0 Å². The van der Waals surface area contributed by atoms with Gasteiger partial charge in [0.25, 0.3) is 5.91 Å². The first-order chi connectivity index (χ1) is 13.1. The normalized spacial score (nSPS) is 11.3. The Morgan fingerprint density at radius 1 is 1.14 bits per heavy atom. The van der Waals surface area contributed by atoms with Crippen molar-refractivity contribution in [2.45, 2.75) is 26.4 Å². The molecule has 2 aromatic carbocycles. The number of nitrogens with one attached hydrogen (secondary N) is 1. The average Bonchev–Trinajstić information content (AvgIpc) is 2.60. The minimum Gasteiger partial charge on any atom is -0.456 e. The summed E-state index contributed by atoms with van der Waals surface area (Å²) in [6.07, 6.45) is 1.44. The molecule has 0 aliphatic heterocycles. The molecule has 0 saturated heterocycles. The van der Waals surface area contributed by atoms with Gasteiger partial charge in [-0.1, -0.05) is 22.0 Å². The van der Waals surface area contributed by atoms with E-state index >= 15 is 0 Å². The van der Waals surface area contributed by atoms with Crippen molar-refractivity contribution in [2.75, 3.05) is 5.32 Å². The summed E-state index contributed by atoms with van der Waals surface area (Å²) in [6.45, 7) is 5.44. The third-order valence-corrected chi connectivity index (χ3v) is 4.36. The minimum absolute atomic E-state index is 0.262. The lowest BCUT2D eigenvalue weighted by molar-refractivity contribution is 0.00695. The standard InChI is InChI=1S/C21H20BrN3O3/c1-21(2,3)28-20(27)12-5-4-6-14(9-12)25-18-15-8-7-13(22)10-17(15)24-11-16(18)19(23)26/h4-11H,1-3H3,(H2,23,26)(H,24,25). The van der Waals surface area contributed by atoms with Gasteiger partial charge in [-0.3, -0.25) is 9.78 Å². The number of hydrogen-bond acceptors (Lipinski definition) is 5. The Bertz CT molecular complexity index is 1070. The molecule has 6 nitrogen and oxygen atoms in total. The van der Waals surface area contributed by atoms with Crippen molar-refractivity contribution in [3.05, 3.63) is 64.3 Å². The number of aromatic nitrogens is 1. The van der Waals surface area contributed by atoms with Crippen molar-refractivity contribution in [2.24, 2.45) is 5.73 Å². The van der Waals surface area contributed by atoms with E-state index < -0.39 is 17.5 Å². The average molecular weight is 442 g/mol. The van der Waals surface area contributed by atoms with Crippen LogP contribution in [0.1, 0.15) is 41.5 Å². The number of benzene rings is 2. The second-order valence-electron chi connectivity index (χ2n) is 7.28. The van der Waals surface area contributed by atoms with Gasteiger partial charge in [0, 0.05) is 21.7 Å². The molecule has 3 N–H and O–H groups in total. The first kappa shape index (κ1) is 19.8. The predicted octanol–water partition coefficient (Wildman–Crippen LogP) is 4.80. The van der Waals surface area contributed by atoms with E-state index in [9.17, 15) is 9.59 Å². The van der Waals surface area contributed by atoms with Crippen molar-refractivity contribution in [3.63, 3.8) is 0 Å². The maximum Gasteiger partial charge on any atom is 0.338 e. The highest BCUT2D eigenvalue weighted by atomic mass is 79.9. The summed E-state index contributed by atoms with van der Waals surface area (Å²) < 4.78 is 6.29. The molecule has 0 aliphatic rings. The van der Waals surface area contributed by atoms with Crippen LogP contribution in [0.2, 0.25) is 0 Å². The summed E-state index contributed by atoms with van der Waals surface area (Å²) in [6, 6.07) is 12.4. The van der Waals surface area contributed by atoms with Crippen molar-refractivity contribution in [1.82, 2.24) is 4.98 Å². The van der Waals surface area contributed by atoms with Crippen molar-refractivity contribution >= 4 is 50.1 Å². The van der Waals surface area contributed by atoms with Gasteiger partial charge in [0.15, 0.2) is 0 Å². The molecular formula is C21H20BrN3O3. The van der Waals surface area contributed by atoms with E-state index in [1.165, 1.54) is 6.20 Å². The Balaban J connectivity index is 2.03. The molecule has 0 atom stereocenters. The molecule has 1 amide bonds. The van der Waals surface area contributed by atoms with Gasteiger partial charge >= 0.3 is 5.97 Å². The van der Waals surface area contributed by atoms with Crippen LogP contribution in [0.15, 0.2) is 53.1 Å². The van der Waals surface area contributed by atoms with E-state index in [0.29, 0.717) is 22.5 Å². The molecule has 0 saturated carbocycles. The largest absolute Gasteiger partial charge is 0.456 e. The van der Waals surface area contributed by atoms with Crippen LogP contribution in [0.3, 0.4) is 0 Å². The molecule has 0 unspecified atom stereocenters. The Morgan fingerprint density at radius 2 is 1.89 bits per heavy atom. The fourth-order valence-electron chi connectivity index (χ4n) is 2.69. The summed E-state index contributed by atoms with van der Waals surface area (Å²) >= 11 is 3.42. The highest BCUT2D eigenvalue weighted by Gasteiger charge is 2.19. The fraction of sp³-hybridized carbons (Fsp3) is 0.190. The van der Waals surface area contributed by atoms with E-state index in [2.05, 4.69) is 26.2 Å². The zero-order valence-electron chi connectivity index (χ0n) is 15.7. The summed E-state index contributed by atoms with van der Waals surface area (Å²) in [4.78, 5) is 28.6. The molecule has 28 heavy (non-hydrogen) atoms. The molecule has 0 radical (unpaired) electrons. The van der Waals surface area contributed by atoms with Crippen LogP contribution >= 0.6 is 15.9 Å². The van der Waals surface area contributed by atoms with Crippen LogP contribution in [-0.2, 0) is 4.74 Å². The van der Waals surface area contributed by atoms with Gasteiger partial charge in [0.2, 0.25) is 0 Å². The number of ether oxygens (including phenoxy) is 1. The highest BCUT2D eigenvalue weighted by Crippen LogP contribution is 2.31. The second kappa shape index (κ2) is 7.59. The highest BCUT2D eigenvalue weighted by molar-refractivity contribution is 9.10. The summed E-state index contributed by atoms with van der Waals surface area (Å²) in [7, 11) is 0. The lowest BCUT2D eigenvalue weighted by atomic mass is 10.1. The third-order valence-electron chi connectivity index (χ3n) is 3.86. The molecule has 0 bridgehead atoms. The van der Waals surface area contributed by atoms with Crippen molar-refractivity contribution in [1.29, 1.82) is 0 Å². The number of carbonyl (C=O) groups is 2. The number of nitrogens with two attached hydrogens (primary N) is 1. The molecule has 1 heterocycles. The number of carbonyl (C=O) groups excluding carboxylic acids is 2. The lowest BCUT2D eigenvalue weighted by Crippen LogP contribution is -2.23. The molecule has 0 spiro atoms. The topological polar surface area (TPSA) is 94.3 Å². The zero-order valence-corrected chi connectivity index (χ0v) is 17.3. The fourth-order valence-corrected chi connectivity index (χ4v) is 3.04. The number of nitrogens with zero attached hydrogens (tertiary/aromatic N) is 1. The van der Waals surface area contributed by atoms with Gasteiger partial charge in [0.1, 0.15) is 5.60 Å². The summed E-state index contributed by atoms with van der Waals surface area (Å²) in [5.74, 6) is -1.02. The van der Waals surface area contributed by atoms with Crippen LogP contribution in [-0.4, -0.2) is 22.5 Å². The van der Waals surface area contributed by atoms with Gasteiger partial charge in [-0.15, -0.1) is 0 Å². The molecular weight excluding hydrogens is 422 g/mol. The number of hydrogen-bond donors (Lipinski definition) is 2. The Hall–Kier alpha value is -2.93. The van der Waals surface area contributed by atoms with Crippen LogP contribution in [0, 0.1) is 0 Å². The predicted molar refractivity (Wildman–Crippen MR) is 113 cm³/mol. The number of pyridine rings is 1. The second-order valence-corrected chi connectivity index (χ2v) is 8.20. The van der Waals surface area contributed by atoms with Gasteiger partial charge in [-0.25, -0.2) is 4.79 Å². The van der Waals surface area contributed by atoms with Crippen LogP contribution < -0.4 is 11.1 Å². The van der Waals surface area contributed by atoms with E-state index in [1.54, 1.807) is 24.3 Å². The summed E-state index contributed by atoms with van der Waals surface area (Å²) in [5, 5.41) is 3.95. The number of anilines is 2.